The lowest BCUT2D eigenvalue weighted by Crippen LogP contribution is -1.99. The number of carbonyl (C=O) groups excluding carboxylic acids is 1. The molecule has 0 aliphatic rings. The van der Waals surface area contributed by atoms with Gasteiger partial charge in [0.2, 0.25) is 0 Å². The summed E-state index contributed by atoms with van der Waals surface area (Å²) in [6.07, 6.45) is 3.11. The minimum Gasteiger partial charge on any atom is -0.489 e. The van der Waals surface area contributed by atoms with Crippen LogP contribution in [0.2, 0.25) is 0 Å². The number of ether oxygens (including phenoxy) is 1. The van der Waals surface area contributed by atoms with E-state index in [9.17, 15) is 4.79 Å². The average Bonchev–Trinajstić information content (AvgIpc) is 2.40. The zero-order valence-electron chi connectivity index (χ0n) is 10.3. The average molecular weight is 241 g/mol. The Labute approximate surface area is 106 Å². The standard InChI is InChI=1S/C15H15NO2/c1-12-14(3-2-9-16-12)11-18-15-6-4-13(5-7-15)8-10-17/h2-7,9-10H,8,11H2,1H3. The van der Waals surface area contributed by atoms with Crippen LogP contribution in [0.25, 0.3) is 0 Å². The van der Waals surface area contributed by atoms with Crippen LogP contribution < -0.4 is 4.74 Å². The van der Waals surface area contributed by atoms with Gasteiger partial charge in [0.25, 0.3) is 0 Å². The van der Waals surface area contributed by atoms with Crippen molar-refractivity contribution in [1.29, 1.82) is 0 Å². The molecule has 0 saturated heterocycles. The first-order valence-corrected chi connectivity index (χ1v) is 5.85. The van der Waals surface area contributed by atoms with Crippen LogP contribution in [0.5, 0.6) is 5.75 Å². The fourth-order valence-electron chi connectivity index (χ4n) is 1.65. The van der Waals surface area contributed by atoms with Crippen molar-refractivity contribution in [2.75, 3.05) is 0 Å². The van der Waals surface area contributed by atoms with Crippen LogP contribution in [0.3, 0.4) is 0 Å². The lowest BCUT2D eigenvalue weighted by molar-refractivity contribution is -0.107. The summed E-state index contributed by atoms with van der Waals surface area (Å²) in [4.78, 5) is 14.6. The number of pyridine rings is 1. The fourth-order valence-corrected chi connectivity index (χ4v) is 1.65. The van der Waals surface area contributed by atoms with Crippen LogP contribution in [0, 0.1) is 6.92 Å². The van der Waals surface area contributed by atoms with Gasteiger partial charge in [0.15, 0.2) is 0 Å². The second-order valence-electron chi connectivity index (χ2n) is 4.05. The third-order valence-corrected chi connectivity index (χ3v) is 2.75. The Bertz CT molecular complexity index is 520. The van der Waals surface area contributed by atoms with Gasteiger partial charge >= 0.3 is 0 Å². The largest absolute Gasteiger partial charge is 0.489 e. The summed E-state index contributed by atoms with van der Waals surface area (Å²) in [5.41, 5.74) is 3.06. The van der Waals surface area contributed by atoms with Crippen molar-refractivity contribution in [3.8, 4) is 5.75 Å². The zero-order chi connectivity index (χ0) is 12.8. The highest BCUT2D eigenvalue weighted by Gasteiger charge is 2.00. The van der Waals surface area contributed by atoms with Gasteiger partial charge in [-0.1, -0.05) is 18.2 Å². The molecule has 0 amide bonds. The van der Waals surface area contributed by atoms with E-state index in [1.54, 1.807) is 6.20 Å². The van der Waals surface area contributed by atoms with Crippen LogP contribution in [-0.2, 0) is 17.8 Å². The number of nitrogens with zero attached hydrogens (tertiary/aromatic N) is 1. The van der Waals surface area contributed by atoms with Crippen LogP contribution >= 0.6 is 0 Å². The number of aldehydes is 1. The summed E-state index contributed by atoms with van der Waals surface area (Å²) >= 11 is 0. The molecule has 1 aromatic carbocycles. The highest BCUT2D eigenvalue weighted by Crippen LogP contribution is 2.15. The molecule has 3 nitrogen and oxygen atoms in total. The van der Waals surface area contributed by atoms with Gasteiger partial charge in [0.1, 0.15) is 18.6 Å². The number of hydrogen-bond acceptors (Lipinski definition) is 3. The quantitative estimate of drug-likeness (QED) is 0.755. The van der Waals surface area contributed by atoms with Gasteiger partial charge in [-0.3, -0.25) is 4.98 Å². The van der Waals surface area contributed by atoms with Crippen molar-refractivity contribution in [3.05, 3.63) is 59.4 Å². The molecular formula is C15H15NO2. The van der Waals surface area contributed by atoms with Crippen molar-refractivity contribution in [2.24, 2.45) is 0 Å². The summed E-state index contributed by atoms with van der Waals surface area (Å²) < 4.78 is 5.68. The number of rotatable bonds is 5. The first-order valence-electron chi connectivity index (χ1n) is 5.85. The molecule has 0 atom stereocenters. The van der Waals surface area contributed by atoms with E-state index in [1.165, 1.54) is 0 Å². The molecule has 0 N–H and O–H groups in total. The first-order chi connectivity index (χ1) is 8.79. The number of hydrogen-bond donors (Lipinski definition) is 0. The lowest BCUT2D eigenvalue weighted by Gasteiger charge is -2.08. The summed E-state index contributed by atoms with van der Waals surface area (Å²) in [6.45, 7) is 2.47. The van der Waals surface area contributed by atoms with Gasteiger partial charge in [0.05, 0.1) is 0 Å². The number of aryl methyl sites for hydroxylation is 1. The minimum atomic E-state index is 0.446. The van der Waals surface area contributed by atoms with Crippen molar-refractivity contribution < 1.29 is 9.53 Å². The van der Waals surface area contributed by atoms with Gasteiger partial charge in [-0.2, -0.15) is 0 Å². The topological polar surface area (TPSA) is 39.2 Å². The van der Waals surface area contributed by atoms with E-state index < -0.39 is 0 Å². The Morgan fingerprint density at radius 3 is 2.67 bits per heavy atom. The van der Waals surface area contributed by atoms with E-state index in [0.29, 0.717) is 13.0 Å². The van der Waals surface area contributed by atoms with Crippen molar-refractivity contribution in [2.45, 2.75) is 20.0 Å². The van der Waals surface area contributed by atoms with Crippen molar-refractivity contribution in [3.63, 3.8) is 0 Å². The number of aromatic nitrogens is 1. The molecule has 1 heterocycles. The Balaban J connectivity index is 1.98. The van der Waals surface area contributed by atoms with Gasteiger partial charge < -0.3 is 9.53 Å². The maximum absolute atomic E-state index is 10.4. The molecule has 0 aliphatic heterocycles. The summed E-state index contributed by atoms with van der Waals surface area (Å²) in [7, 11) is 0. The summed E-state index contributed by atoms with van der Waals surface area (Å²) in [6, 6.07) is 11.5. The normalized spacial score (nSPS) is 10.1. The van der Waals surface area contributed by atoms with Crippen LogP contribution in [0.15, 0.2) is 42.6 Å². The van der Waals surface area contributed by atoms with Gasteiger partial charge in [-0.05, 0) is 30.7 Å². The molecule has 92 valence electrons. The van der Waals surface area contributed by atoms with Crippen LogP contribution in [-0.4, -0.2) is 11.3 Å². The minimum absolute atomic E-state index is 0.446. The van der Waals surface area contributed by atoms with Crippen LogP contribution in [0.1, 0.15) is 16.8 Å². The van der Waals surface area contributed by atoms with E-state index in [-0.39, 0.29) is 0 Å². The van der Waals surface area contributed by atoms with E-state index in [0.717, 1.165) is 28.9 Å². The summed E-state index contributed by atoms with van der Waals surface area (Å²) in [5, 5.41) is 0. The Hall–Kier alpha value is -2.16. The number of benzene rings is 1. The Morgan fingerprint density at radius 2 is 2.00 bits per heavy atom. The van der Waals surface area contributed by atoms with Crippen molar-refractivity contribution >= 4 is 6.29 Å². The molecule has 18 heavy (non-hydrogen) atoms. The third-order valence-electron chi connectivity index (χ3n) is 2.75. The second kappa shape index (κ2) is 5.96. The molecule has 0 aliphatic carbocycles. The molecular weight excluding hydrogens is 226 g/mol. The van der Waals surface area contributed by atoms with E-state index >= 15 is 0 Å². The smallest absolute Gasteiger partial charge is 0.124 e. The van der Waals surface area contributed by atoms with Gasteiger partial charge in [-0.25, -0.2) is 0 Å². The maximum Gasteiger partial charge on any atom is 0.124 e. The highest BCUT2D eigenvalue weighted by molar-refractivity contribution is 5.55. The molecule has 0 radical (unpaired) electrons. The monoisotopic (exact) mass is 241 g/mol. The van der Waals surface area contributed by atoms with E-state index in [1.807, 2.05) is 43.3 Å². The molecule has 0 unspecified atom stereocenters. The van der Waals surface area contributed by atoms with Gasteiger partial charge in [0, 0.05) is 23.9 Å². The Kier molecular flexibility index (Phi) is 4.07. The maximum atomic E-state index is 10.4. The lowest BCUT2D eigenvalue weighted by atomic mass is 10.1. The fraction of sp³-hybridized carbons (Fsp3) is 0.200. The molecule has 0 saturated carbocycles. The second-order valence-corrected chi connectivity index (χ2v) is 4.05. The number of carbonyl (C=O) groups is 1. The summed E-state index contributed by atoms with van der Waals surface area (Å²) in [5.74, 6) is 0.799. The Morgan fingerprint density at radius 1 is 1.22 bits per heavy atom. The molecule has 0 bridgehead atoms. The molecule has 3 heteroatoms. The molecule has 2 rings (SSSR count). The van der Waals surface area contributed by atoms with Crippen molar-refractivity contribution in [1.82, 2.24) is 4.98 Å². The van der Waals surface area contributed by atoms with Gasteiger partial charge in [-0.15, -0.1) is 0 Å². The molecule has 1 aromatic heterocycles. The van der Waals surface area contributed by atoms with E-state index in [2.05, 4.69) is 4.98 Å². The van der Waals surface area contributed by atoms with E-state index in [4.69, 9.17) is 4.74 Å². The predicted octanol–water partition coefficient (Wildman–Crippen LogP) is 2.71. The van der Waals surface area contributed by atoms with Crippen LogP contribution in [0.4, 0.5) is 0 Å². The molecule has 0 fully saturated rings. The molecule has 2 aromatic rings. The third kappa shape index (κ3) is 3.17. The SMILES string of the molecule is Cc1ncccc1COc1ccc(CC=O)cc1. The predicted molar refractivity (Wildman–Crippen MR) is 69.5 cm³/mol. The zero-order valence-corrected chi connectivity index (χ0v) is 10.3. The molecule has 0 spiro atoms. The first kappa shape index (κ1) is 12.3. The highest BCUT2D eigenvalue weighted by atomic mass is 16.5.